The van der Waals surface area contributed by atoms with Crippen LogP contribution in [0.1, 0.15) is 37.8 Å². The lowest BCUT2D eigenvalue weighted by atomic mass is 9.78. The molecule has 2 aliphatic rings. The molecular weight excluding hydrogens is 262 g/mol. The molecule has 0 saturated carbocycles. The van der Waals surface area contributed by atoms with Crippen molar-refractivity contribution in [3.63, 3.8) is 0 Å². The normalized spacial score (nSPS) is 25.6. The van der Waals surface area contributed by atoms with Crippen LogP contribution in [-0.2, 0) is 9.59 Å². The van der Waals surface area contributed by atoms with Gasteiger partial charge < -0.3 is 0 Å². The number of aryl methyl sites for hydroxylation is 2. The Morgan fingerprint density at radius 2 is 1.43 bits per heavy atom. The second kappa shape index (κ2) is 4.83. The van der Waals surface area contributed by atoms with Gasteiger partial charge in [-0.1, -0.05) is 28.8 Å². The fourth-order valence-corrected chi connectivity index (χ4v) is 3.55. The number of fused-ring (bicyclic) bond motifs is 1. The fraction of sp³-hybridized carbons (Fsp3) is 0.444. The smallest absolute Gasteiger partial charge is 0.238 e. The molecule has 2 atom stereocenters. The monoisotopic (exact) mass is 283 g/mol. The maximum atomic E-state index is 12.7. The van der Waals surface area contributed by atoms with Gasteiger partial charge in [0, 0.05) is 0 Å². The average molecular weight is 283 g/mol. The number of allylic oxidation sites excluding steroid dienone is 2. The number of anilines is 1. The molecule has 1 aromatic rings. The first-order valence-electron chi connectivity index (χ1n) is 7.50. The molecule has 0 aromatic heterocycles. The highest BCUT2D eigenvalue weighted by molar-refractivity contribution is 6.22. The Bertz CT molecular complexity index is 640. The molecule has 1 aliphatic carbocycles. The Balaban J connectivity index is 2.00. The molecule has 2 amide bonds. The molecule has 0 N–H and O–H groups in total. The fourth-order valence-electron chi connectivity index (χ4n) is 3.55. The molecular formula is C18H21NO2. The van der Waals surface area contributed by atoms with E-state index in [4.69, 9.17) is 0 Å². The van der Waals surface area contributed by atoms with Crippen LogP contribution >= 0.6 is 0 Å². The van der Waals surface area contributed by atoms with E-state index in [-0.39, 0.29) is 23.7 Å². The second-order valence-corrected chi connectivity index (χ2v) is 6.48. The van der Waals surface area contributed by atoms with Crippen molar-refractivity contribution in [2.75, 3.05) is 4.90 Å². The molecule has 1 aliphatic heterocycles. The van der Waals surface area contributed by atoms with E-state index in [1.807, 2.05) is 32.0 Å². The summed E-state index contributed by atoms with van der Waals surface area (Å²) in [5.41, 5.74) is 5.40. The zero-order valence-corrected chi connectivity index (χ0v) is 13.1. The maximum Gasteiger partial charge on any atom is 0.238 e. The molecule has 110 valence electrons. The zero-order chi connectivity index (χ0) is 15.3. The molecule has 0 radical (unpaired) electrons. The van der Waals surface area contributed by atoms with Crippen LogP contribution in [0.2, 0.25) is 0 Å². The summed E-state index contributed by atoms with van der Waals surface area (Å²) in [7, 11) is 0. The molecule has 3 nitrogen and oxygen atoms in total. The summed E-state index contributed by atoms with van der Waals surface area (Å²) >= 11 is 0. The first-order chi connectivity index (χ1) is 9.90. The van der Waals surface area contributed by atoms with Crippen LogP contribution in [-0.4, -0.2) is 11.8 Å². The lowest BCUT2D eigenvalue weighted by Gasteiger charge is -2.23. The summed E-state index contributed by atoms with van der Waals surface area (Å²) in [6.07, 6.45) is 1.45. The molecule has 3 heteroatoms. The first kappa shape index (κ1) is 14.1. The predicted octanol–water partition coefficient (Wildman–Crippen LogP) is 3.54. The van der Waals surface area contributed by atoms with Gasteiger partial charge in [-0.25, -0.2) is 4.90 Å². The molecule has 1 aromatic carbocycles. The number of carbonyl (C=O) groups is 2. The number of benzene rings is 1. The lowest BCUT2D eigenvalue weighted by molar-refractivity contribution is -0.122. The molecule has 3 rings (SSSR count). The SMILES string of the molecule is CC1=C(C)C[C@H]2C(=O)N(c3ccc(C)cc3C)C(=O)[C@H]2C1. The molecule has 0 unspecified atom stereocenters. The van der Waals surface area contributed by atoms with Crippen molar-refractivity contribution < 1.29 is 9.59 Å². The van der Waals surface area contributed by atoms with Gasteiger partial charge in [0.1, 0.15) is 0 Å². The summed E-state index contributed by atoms with van der Waals surface area (Å²) in [5.74, 6) is -0.378. The Hall–Kier alpha value is -1.90. The number of imide groups is 1. The van der Waals surface area contributed by atoms with Crippen molar-refractivity contribution in [1.82, 2.24) is 0 Å². The van der Waals surface area contributed by atoms with E-state index in [1.54, 1.807) is 0 Å². The Kier molecular flexibility index (Phi) is 3.23. The summed E-state index contributed by atoms with van der Waals surface area (Å²) < 4.78 is 0. The lowest BCUT2D eigenvalue weighted by Crippen LogP contribution is -2.31. The van der Waals surface area contributed by atoms with Gasteiger partial charge in [-0.15, -0.1) is 0 Å². The van der Waals surface area contributed by atoms with Gasteiger partial charge in [0.2, 0.25) is 11.8 Å². The van der Waals surface area contributed by atoms with E-state index < -0.39 is 0 Å². The van der Waals surface area contributed by atoms with E-state index >= 15 is 0 Å². The first-order valence-corrected chi connectivity index (χ1v) is 7.50. The summed E-state index contributed by atoms with van der Waals surface area (Å²) in [5, 5.41) is 0. The zero-order valence-electron chi connectivity index (χ0n) is 13.1. The highest BCUT2D eigenvalue weighted by atomic mass is 16.2. The predicted molar refractivity (Wildman–Crippen MR) is 83.0 cm³/mol. The van der Waals surface area contributed by atoms with Crippen LogP contribution in [0.25, 0.3) is 0 Å². The number of rotatable bonds is 1. The minimum atomic E-state index is -0.165. The summed E-state index contributed by atoms with van der Waals surface area (Å²) in [6, 6.07) is 5.87. The highest BCUT2D eigenvalue weighted by Gasteiger charge is 2.49. The molecule has 1 saturated heterocycles. The van der Waals surface area contributed by atoms with Crippen LogP contribution in [0.4, 0.5) is 5.69 Å². The Labute approximate surface area is 125 Å². The molecule has 1 heterocycles. The number of hydrogen-bond acceptors (Lipinski definition) is 2. The van der Waals surface area contributed by atoms with Gasteiger partial charge >= 0.3 is 0 Å². The molecule has 0 spiro atoms. The van der Waals surface area contributed by atoms with E-state index in [9.17, 15) is 9.59 Å². The van der Waals surface area contributed by atoms with Crippen molar-refractivity contribution >= 4 is 17.5 Å². The van der Waals surface area contributed by atoms with E-state index in [0.717, 1.165) is 29.7 Å². The standard InChI is InChI=1S/C18H21NO2/c1-10-5-6-16(13(4)7-10)19-17(20)14-8-11(2)12(3)9-15(14)18(19)21/h5-7,14-15H,8-9H2,1-4H3/t14-,15+. The van der Waals surface area contributed by atoms with Crippen LogP contribution in [0, 0.1) is 25.7 Å². The average Bonchev–Trinajstić information content (AvgIpc) is 2.64. The molecule has 21 heavy (non-hydrogen) atoms. The van der Waals surface area contributed by atoms with E-state index in [0.29, 0.717) is 0 Å². The van der Waals surface area contributed by atoms with Crippen molar-refractivity contribution in [3.8, 4) is 0 Å². The van der Waals surface area contributed by atoms with Gasteiger partial charge in [0.05, 0.1) is 17.5 Å². The highest BCUT2D eigenvalue weighted by Crippen LogP contribution is 2.42. The van der Waals surface area contributed by atoms with Crippen LogP contribution in [0.15, 0.2) is 29.3 Å². The van der Waals surface area contributed by atoms with E-state index in [1.165, 1.54) is 16.0 Å². The van der Waals surface area contributed by atoms with Gasteiger partial charge in [-0.05, 0) is 52.2 Å². The summed E-state index contributed by atoms with van der Waals surface area (Å²) in [6.45, 7) is 8.12. The minimum absolute atomic E-state index is 0.0243. The van der Waals surface area contributed by atoms with Gasteiger partial charge in [0.25, 0.3) is 0 Å². The second-order valence-electron chi connectivity index (χ2n) is 6.48. The Morgan fingerprint density at radius 1 is 0.905 bits per heavy atom. The quantitative estimate of drug-likeness (QED) is 0.584. The summed E-state index contributed by atoms with van der Waals surface area (Å²) in [4.78, 5) is 26.9. The molecule has 1 fully saturated rings. The largest absolute Gasteiger partial charge is 0.274 e. The number of nitrogens with zero attached hydrogens (tertiary/aromatic N) is 1. The van der Waals surface area contributed by atoms with Gasteiger partial charge in [-0.2, -0.15) is 0 Å². The van der Waals surface area contributed by atoms with Crippen LogP contribution < -0.4 is 4.90 Å². The molecule has 0 bridgehead atoms. The van der Waals surface area contributed by atoms with Gasteiger partial charge in [-0.3, -0.25) is 9.59 Å². The minimum Gasteiger partial charge on any atom is -0.274 e. The van der Waals surface area contributed by atoms with Crippen molar-refractivity contribution in [2.24, 2.45) is 11.8 Å². The topological polar surface area (TPSA) is 37.4 Å². The third-order valence-corrected chi connectivity index (χ3v) is 4.93. The van der Waals surface area contributed by atoms with Crippen molar-refractivity contribution in [2.45, 2.75) is 40.5 Å². The Morgan fingerprint density at radius 3 is 1.90 bits per heavy atom. The van der Waals surface area contributed by atoms with Crippen molar-refractivity contribution in [1.29, 1.82) is 0 Å². The number of hydrogen-bond donors (Lipinski definition) is 0. The number of amides is 2. The van der Waals surface area contributed by atoms with Gasteiger partial charge in [0.15, 0.2) is 0 Å². The maximum absolute atomic E-state index is 12.7. The third-order valence-electron chi connectivity index (χ3n) is 4.93. The van der Waals surface area contributed by atoms with E-state index in [2.05, 4.69) is 13.8 Å². The number of carbonyl (C=O) groups excluding carboxylic acids is 2. The van der Waals surface area contributed by atoms with Crippen LogP contribution in [0.3, 0.4) is 0 Å². The third kappa shape index (κ3) is 2.11. The van der Waals surface area contributed by atoms with Crippen molar-refractivity contribution in [3.05, 3.63) is 40.5 Å². The van der Waals surface area contributed by atoms with Crippen LogP contribution in [0.5, 0.6) is 0 Å².